The number of ether oxygens (including phenoxy) is 7. The van der Waals surface area contributed by atoms with Crippen LogP contribution >= 0.6 is 23.2 Å². The van der Waals surface area contributed by atoms with Crippen LogP contribution in [0.4, 0.5) is 18.9 Å². The Bertz CT molecular complexity index is 5350. The van der Waals surface area contributed by atoms with Gasteiger partial charge in [-0.05, 0) is 158 Å². The highest BCUT2D eigenvalue weighted by Crippen LogP contribution is 2.50. The average molecular weight is 1800 g/mol. The Morgan fingerprint density at radius 1 is 0.690 bits per heavy atom. The fraction of sp³-hybridized carbons (Fsp3) is 0.373. The van der Waals surface area contributed by atoms with E-state index in [4.69, 9.17) is 57.4 Å². The minimum absolute atomic E-state index is 0.0139. The number of halogens is 5. The number of fused-ring (bicyclic) bond motifs is 15. The molecule has 43 heteroatoms. The Morgan fingerprint density at radius 2 is 1.33 bits per heavy atom. The van der Waals surface area contributed by atoms with E-state index < -0.39 is 277 Å². The second-order valence-electron chi connectivity index (χ2n) is 31.0. The summed E-state index contributed by atoms with van der Waals surface area (Å²) in [6.07, 6.45) is -24.8. The summed E-state index contributed by atoms with van der Waals surface area (Å²) in [5, 5.41) is 129. The number of hydrazine groups is 1. The summed E-state index contributed by atoms with van der Waals surface area (Å²) in [5.41, 5.74) is 6.29. The van der Waals surface area contributed by atoms with E-state index in [2.05, 4.69) is 63.4 Å². The number of hydrogen-bond acceptors (Lipinski definition) is 28. The number of carbonyl (C=O) groups is 10. The van der Waals surface area contributed by atoms with Gasteiger partial charge in [-0.15, -0.1) is 13.2 Å². The van der Waals surface area contributed by atoms with Crippen LogP contribution in [0.2, 0.25) is 10.0 Å². The van der Waals surface area contributed by atoms with Crippen molar-refractivity contribution in [2.45, 2.75) is 176 Å². The molecule has 38 nitrogen and oxygen atoms in total. The summed E-state index contributed by atoms with van der Waals surface area (Å²) in [4.78, 5) is 145. The summed E-state index contributed by atoms with van der Waals surface area (Å²) in [6.45, 7) is 6.60. The molecule has 7 aliphatic rings. The highest BCUT2D eigenvalue weighted by molar-refractivity contribution is 6.32. The fourth-order valence-corrected chi connectivity index (χ4v) is 15.4. The van der Waals surface area contributed by atoms with Crippen molar-refractivity contribution in [2.75, 3.05) is 19.0 Å². The number of alkyl halides is 3. The first-order valence-electron chi connectivity index (χ1n) is 39.1. The van der Waals surface area contributed by atoms with E-state index in [9.17, 15) is 83.1 Å². The molecule has 22 N–H and O–H groups in total. The number of likely N-dealkylation sites (N-methyl/N-ethyl adjacent to an activating group) is 1. The Labute approximate surface area is 724 Å². The second kappa shape index (κ2) is 38.7. The Balaban J connectivity index is 1.01. The molecule has 0 spiro atoms. The predicted molar refractivity (Wildman–Crippen MR) is 434 cm³/mol. The zero-order valence-corrected chi connectivity index (χ0v) is 69.0. The molecular formula is C83H89Cl2F3N12O26. The predicted octanol–water partition coefficient (Wildman–Crippen LogP) is 3.17. The summed E-state index contributed by atoms with van der Waals surface area (Å²) in [7, 11) is 1.46. The minimum atomic E-state index is -4.98. The maximum absolute atomic E-state index is 16.3. The van der Waals surface area contributed by atoms with Gasteiger partial charge in [0.25, 0.3) is 11.8 Å². The topological polar surface area (TPSA) is 576 Å². The normalized spacial score (nSPS) is 25.9. The quantitative estimate of drug-likeness (QED) is 0.0517. The molecule has 7 heterocycles. The Kier molecular flexibility index (Phi) is 28.6. The monoisotopic (exact) mass is 1800 g/mol. The molecule has 672 valence electrons. The summed E-state index contributed by atoms with van der Waals surface area (Å²) in [6, 6.07) is 9.45. The number of nitrogens with two attached hydrogens (primary N) is 1. The van der Waals surface area contributed by atoms with Gasteiger partial charge in [0.05, 0.1) is 41.3 Å². The smallest absolute Gasteiger partial charge is 0.508 e. The average Bonchev–Trinajstić information content (AvgIpc) is 0.764. The molecule has 126 heavy (non-hydrogen) atoms. The van der Waals surface area contributed by atoms with E-state index in [1.807, 2.05) is 0 Å². The number of aliphatic hydroxyl groups excluding tert-OH is 6. The van der Waals surface area contributed by atoms with E-state index in [1.165, 1.54) is 20.0 Å². The first kappa shape index (κ1) is 92.9. The number of rotatable bonds is 19. The lowest BCUT2D eigenvalue weighted by atomic mass is 9.84. The molecule has 7 aromatic rings. The number of amides is 10. The standard InChI is InChI=1S/C83H89Cl2F3N12O26/c1-33(2)20-49(90-6)74(113)97-64-66(107)39-13-18-53(47(84)23-39)121-55-25-41-26-56(70(55)125-81-71(69(110)68(109)57(32-101)123-81)124-59-30-82(5,72(111)34(3)120-59)91-31-36-8-7-9-42(21-36)92-73(112)37-10-15-44(16-11-37)126-83(86,87)88)122-54-19-14-40(24-48(54)85)67(108)65-79(118)96-63(80(119)100-99-35(4)102)46-27-43(103)28-52(105)60(46)45-22-38(12-17-51(45)104)61(76(115)98-65)95-77(116)62(41)94-75(114)50(29-58(89)106)93-78(64)117/h7-19,21-28,33-34,49-50,57,59,61-69,71-72,81,90-91,101,103-105,107-111H,20,29-32H2,1-6H3,(H2,89,106)(H,92,112)(H,93,117)(H,94,114)(H,95,116)(H,96,118)(H,97,113)(H,98,115)(H,99,102)(H,100,119)/t34-,49+,50-,57+,59-,61+,62+,63+,64+,65-,66+,67+,68+,69-,71+,72+,81-,82-/m0/s1. The first-order chi connectivity index (χ1) is 59.6. The lowest BCUT2D eigenvalue weighted by molar-refractivity contribution is -0.334. The highest BCUT2D eigenvalue weighted by atomic mass is 35.5. The molecule has 0 saturated carbocycles. The van der Waals surface area contributed by atoms with Gasteiger partial charge in [-0.1, -0.05) is 67.4 Å². The Morgan fingerprint density at radius 3 is 1.94 bits per heavy atom. The molecule has 7 aromatic carbocycles. The molecule has 7 aliphatic heterocycles. The van der Waals surface area contributed by atoms with Crippen molar-refractivity contribution in [1.29, 1.82) is 0 Å². The van der Waals surface area contributed by atoms with E-state index in [0.29, 0.717) is 5.56 Å². The summed E-state index contributed by atoms with van der Waals surface area (Å²) < 4.78 is 82.0. The van der Waals surface area contributed by atoms with Crippen molar-refractivity contribution in [1.82, 2.24) is 53.4 Å². The second-order valence-corrected chi connectivity index (χ2v) is 31.9. The number of anilines is 1. The third kappa shape index (κ3) is 21.3. The molecule has 0 aliphatic carbocycles. The Hall–Kier alpha value is -12.2. The van der Waals surface area contributed by atoms with E-state index in [-0.39, 0.29) is 47.7 Å². The lowest BCUT2D eigenvalue weighted by Gasteiger charge is -2.48. The molecule has 18 atom stereocenters. The maximum atomic E-state index is 16.3. The lowest BCUT2D eigenvalue weighted by Crippen LogP contribution is -2.65. The van der Waals surface area contributed by atoms with Gasteiger partial charge in [-0.25, -0.2) is 0 Å². The number of phenolic OH excluding ortho intramolecular Hbond substituents is 3. The van der Waals surface area contributed by atoms with Gasteiger partial charge in [-0.2, -0.15) is 0 Å². The molecular weight excluding hydrogens is 1710 g/mol. The summed E-state index contributed by atoms with van der Waals surface area (Å²) in [5.74, 6) is -18.2. The number of benzene rings is 7. The zero-order chi connectivity index (χ0) is 91.4. The van der Waals surface area contributed by atoms with Crippen LogP contribution in [0.3, 0.4) is 0 Å². The van der Waals surface area contributed by atoms with Crippen molar-refractivity contribution in [2.24, 2.45) is 11.7 Å². The van der Waals surface area contributed by atoms with E-state index in [1.54, 1.807) is 45.0 Å². The van der Waals surface area contributed by atoms with Gasteiger partial charge >= 0.3 is 6.36 Å². The molecule has 2 fully saturated rings. The van der Waals surface area contributed by atoms with Gasteiger partial charge in [-0.3, -0.25) is 58.8 Å². The van der Waals surface area contributed by atoms with Crippen molar-refractivity contribution in [3.63, 3.8) is 0 Å². The van der Waals surface area contributed by atoms with Crippen LogP contribution in [0.1, 0.15) is 128 Å². The van der Waals surface area contributed by atoms with Crippen LogP contribution in [0.5, 0.6) is 51.7 Å². The number of carbonyl (C=O) groups excluding carboxylic acids is 10. The number of nitrogens with one attached hydrogen (secondary N) is 11. The highest BCUT2D eigenvalue weighted by Gasteiger charge is 2.53. The number of aliphatic hydroxyl groups is 6. The van der Waals surface area contributed by atoms with Crippen LogP contribution in [-0.2, 0) is 63.9 Å². The fourth-order valence-electron chi connectivity index (χ4n) is 14.9. The van der Waals surface area contributed by atoms with E-state index >= 15 is 24.0 Å². The number of primary amides is 1. The molecule has 10 amide bonds. The third-order valence-electron chi connectivity index (χ3n) is 21.3. The molecule has 11 bridgehead atoms. The van der Waals surface area contributed by atoms with Gasteiger partial charge in [0.1, 0.15) is 101 Å². The van der Waals surface area contributed by atoms with Crippen LogP contribution < -0.4 is 83.4 Å². The largest absolute Gasteiger partial charge is 0.573 e. The maximum Gasteiger partial charge on any atom is 0.573 e. The molecule has 2 saturated heterocycles. The van der Waals surface area contributed by atoms with Gasteiger partial charge in [0, 0.05) is 53.9 Å². The van der Waals surface area contributed by atoms with Crippen molar-refractivity contribution < 1.29 is 140 Å². The molecule has 14 rings (SSSR count). The number of hydrogen-bond donors (Lipinski definition) is 21. The van der Waals surface area contributed by atoms with Crippen molar-refractivity contribution >= 4 is 88.0 Å². The summed E-state index contributed by atoms with van der Waals surface area (Å²) >= 11 is 14.3. The van der Waals surface area contributed by atoms with Gasteiger partial charge in [0.15, 0.2) is 23.9 Å². The third-order valence-corrected chi connectivity index (χ3v) is 21.9. The molecule has 0 radical (unpaired) electrons. The van der Waals surface area contributed by atoms with Crippen LogP contribution in [0, 0.1) is 5.92 Å². The first-order valence-corrected chi connectivity index (χ1v) is 39.8. The minimum Gasteiger partial charge on any atom is -0.508 e. The van der Waals surface area contributed by atoms with Crippen LogP contribution in [0.15, 0.2) is 127 Å². The number of phenols is 3. The molecule has 0 unspecified atom stereocenters. The van der Waals surface area contributed by atoms with E-state index in [0.717, 1.165) is 104 Å². The van der Waals surface area contributed by atoms with Crippen LogP contribution in [-0.4, -0.2) is 204 Å². The van der Waals surface area contributed by atoms with Gasteiger partial charge in [0.2, 0.25) is 59.3 Å². The van der Waals surface area contributed by atoms with Gasteiger partial charge < -0.3 is 133 Å². The van der Waals surface area contributed by atoms with Crippen molar-refractivity contribution in [3.05, 3.63) is 176 Å². The molecule has 0 aromatic heterocycles. The number of aromatic hydroxyl groups is 3. The van der Waals surface area contributed by atoms with Crippen LogP contribution in [0.25, 0.3) is 11.1 Å². The van der Waals surface area contributed by atoms with Crippen molar-refractivity contribution in [3.8, 4) is 62.9 Å². The SMILES string of the molecule is CN[C@H](CC(C)C)C(=O)N[C@H]1C(=O)N[C@@H](CC(N)=O)C(=O)N[C@H]2C(=O)N[C@H]3C(=O)N[C@H](C(=O)N[C@@H](C(=O)NNC(C)=O)c4cc(O)cc(O)c4-c4cc3ccc4O)[C@H](O)c3ccc(c(Cl)c3)Oc3cc2cc(c3O[C@@H]2O[C@H](CO)[C@@H](O)[C@H](O)[C@H]2O[C@H]2C[C@](C)(NCc3cccc(NC(=O)c4ccc(OC(F)(F)F)cc4)c3)[C@H](O)[C@H](C)O2)Oc2ccc(cc2Cl)[C@H]1O. The zero-order valence-electron chi connectivity index (χ0n) is 67.5.